The first-order valence-corrected chi connectivity index (χ1v) is 7.31. The predicted molar refractivity (Wildman–Crippen MR) is 65.1 cm³/mol. The van der Waals surface area contributed by atoms with Crippen molar-refractivity contribution >= 4 is 23.5 Å². The van der Waals surface area contributed by atoms with Crippen LogP contribution >= 0.6 is 23.5 Å². The lowest BCUT2D eigenvalue weighted by atomic mass is 10.1. The van der Waals surface area contributed by atoms with E-state index in [0.717, 1.165) is 13.0 Å². The van der Waals surface area contributed by atoms with Crippen LogP contribution in [0, 0.1) is 0 Å². The monoisotopic (exact) mass is 231 g/mol. The molecule has 0 spiro atoms. The molecule has 2 nitrogen and oxygen atoms in total. The molecule has 2 rings (SSSR count). The first kappa shape index (κ1) is 10.7. The second-order valence-corrected chi connectivity index (χ2v) is 5.99. The molecule has 2 atom stereocenters. The second kappa shape index (κ2) is 5.33. The van der Waals surface area contributed by atoms with Crippen LogP contribution in [-0.4, -0.2) is 42.2 Å². The fourth-order valence-corrected chi connectivity index (χ4v) is 4.75. The van der Waals surface area contributed by atoms with E-state index >= 15 is 0 Å². The van der Waals surface area contributed by atoms with Crippen molar-refractivity contribution in [2.24, 2.45) is 0 Å². The topological polar surface area (TPSA) is 21.3 Å². The number of thioether (sulfide) groups is 2. The van der Waals surface area contributed by atoms with Gasteiger partial charge in [0, 0.05) is 28.9 Å². The molecule has 1 saturated heterocycles. The first-order chi connectivity index (χ1) is 6.92. The Morgan fingerprint density at radius 3 is 3.07 bits per heavy atom. The van der Waals surface area contributed by atoms with Crippen LogP contribution < -0.4 is 5.32 Å². The highest BCUT2D eigenvalue weighted by Crippen LogP contribution is 2.30. The van der Waals surface area contributed by atoms with Gasteiger partial charge in [-0.2, -0.15) is 23.5 Å². The van der Waals surface area contributed by atoms with E-state index in [1.807, 2.05) is 7.05 Å². The van der Waals surface area contributed by atoms with Gasteiger partial charge in [-0.25, -0.2) is 0 Å². The maximum atomic E-state index is 5.64. The molecule has 0 aromatic carbocycles. The Balaban J connectivity index is 1.96. The van der Waals surface area contributed by atoms with Crippen molar-refractivity contribution in [2.75, 3.05) is 30.9 Å². The summed E-state index contributed by atoms with van der Waals surface area (Å²) in [6.07, 6.45) is 3.32. The molecule has 0 aromatic rings. The van der Waals surface area contributed by atoms with Crippen molar-refractivity contribution in [3.05, 3.63) is 11.8 Å². The van der Waals surface area contributed by atoms with Gasteiger partial charge in [0.2, 0.25) is 0 Å². The molecule has 0 amide bonds. The van der Waals surface area contributed by atoms with E-state index in [-0.39, 0.29) is 0 Å². The number of hydrogen-bond acceptors (Lipinski definition) is 4. The largest absolute Gasteiger partial charge is 0.496 e. The van der Waals surface area contributed by atoms with Crippen LogP contribution in [0.25, 0.3) is 0 Å². The maximum Gasteiger partial charge on any atom is 0.110 e. The molecule has 0 bridgehead atoms. The fourth-order valence-electron chi connectivity index (χ4n) is 1.86. The highest BCUT2D eigenvalue weighted by atomic mass is 32.2. The minimum absolute atomic E-state index is 0.426. The summed E-state index contributed by atoms with van der Waals surface area (Å²) >= 11 is 4.14. The summed E-state index contributed by atoms with van der Waals surface area (Å²) in [6.45, 7) is 0.873. The Bertz CT molecular complexity index is 214. The Labute approximate surface area is 94.2 Å². The molecule has 2 aliphatic heterocycles. The SMILES string of the molecule is CNC(C1=CCCO1)C1CSCCS1. The van der Waals surface area contributed by atoms with Crippen LogP contribution in [0.1, 0.15) is 6.42 Å². The molecule has 2 aliphatic rings. The van der Waals surface area contributed by atoms with E-state index in [1.54, 1.807) is 0 Å². The molecule has 2 unspecified atom stereocenters. The lowest BCUT2D eigenvalue weighted by molar-refractivity contribution is 0.217. The van der Waals surface area contributed by atoms with E-state index < -0.39 is 0 Å². The molecule has 14 heavy (non-hydrogen) atoms. The van der Waals surface area contributed by atoms with Crippen LogP contribution in [0.15, 0.2) is 11.8 Å². The number of hydrogen-bond donors (Lipinski definition) is 1. The van der Waals surface area contributed by atoms with Gasteiger partial charge >= 0.3 is 0 Å². The quantitative estimate of drug-likeness (QED) is 0.798. The van der Waals surface area contributed by atoms with Gasteiger partial charge in [-0.3, -0.25) is 0 Å². The third-order valence-corrected chi connectivity index (χ3v) is 5.43. The molecule has 0 radical (unpaired) electrons. The van der Waals surface area contributed by atoms with Gasteiger partial charge in [0.1, 0.15) is 5.76 Å². The number of rotatable bonds is 3. The summed E-state index contributed by atoms with van der Waals surface area (Å²) < 4.78 is 5.64. The van der Waals surface area contributed by atoms with Crippen LogP contribution in [0.4, 0.5) is 0 Å². The average molecular weight is 231 g/mol. The molecule has 2 heterocycles. The summed E-state index contributed by atoms with van der Waals surface area (Å²) in [6, 6.07) is 0.426. The van der Waals surface area contributed by atoms with Crippen LogP contribution in [0.2, 0.25) is 0 Å². The summed E-state index contributed by atoms with van der Waals surface area (Å²) in [4.78, 5) is 0. The number of nitrogens with one attached hydrogen (secondary N) is 1. The standard InChI is InChI=1S/C10H17NOS2/c1-11-10(8-3-2-4-12-8)9-7-13-5-6-14-9/h3,9-11H,2,4-7H2,1H3. The third kappa shape index (κ3) is 2.41. The average Bonchev–Trinajstić information content (AvgIpc) is 2.74. The van der Waals surface area contributed by atoms with Crippen molar-refractivity contribution in [3.63, 3.8) is 0 Å². The van der Waals surface area contributed by atoms with Crippen LogP contribution in [0.5, 0.6) is 0 Å². The maximum absolute atomic E-state index is 5.64. The van der Waals surface area contributed by atoms with E-state index in [2.05, 4.69) is 34.9 Å². The van der Waals surface area contributed by atoms with Crippen LogP contribution in [0.3, 0.4) is 0 Å². The number of ether oxygens (including phenoxy) is 1. The van der Waals surface area contributed by atoms with Gasteiger partial charge in [-0.15, -0.1) is 0 Å². The van der Waals surface area contributed by atoms with E-state index in [9.17, 15) is 0 Å². The van der Waals surface area contributed by atoms with Crippen molar-refractivity contribution in [1.82, 2.24) is 5.32 Å². The van der Waals surface area contributed by atoms with Crippen molar-refractivity contribution in [3.8, 4) is 0 Å². The van der Waals surface area contributed by atoms with Crippen molar-refractivity contribution in [2.45, 2.75) is 17.7 Å². The lowest BCUT2D eigenvalue weighted by Gasteiger charge is -2.29. The molecule has 4 heteroatoms. The summed E-state index contributed by atoms with van der Waals surface area (Å²) in [5.74, 6) is 5.00. The summed E-state index contributed by atoms with van der Waals surface area (Å²) in [5, 5.41) is 4.07. The molecule has 0 saturated carbocycles. The lowest BCUT2D eigenvalue weighted by Crippen LogP contribution is -2.40. The number of likely N-dealkylation sites (N-methyl/N-ethyl adjacent to an activating group) is 1. The van der Waals surface area contributed by atoms with Gasteiger partial charge in [0.15, 0.2) is 0 Å². The summed E-state index contributed by atoms with van der Waals surface area (Å²) in [7, 11) is 2.03. The minimum atomic E-state index is 0.426. The zero-order chi connectivity index (χ0) is 9.80. The first-order valence-electron chi connectivity index (χ1n) is 5.11. The molecule has 0 aromatic heterocycles. The van der Waals surface area contributed by atoms with Crippen molar-refractivity contribution < 1.29 is 4.74 Å². The smallest absolute Gasteiger partial charge is 0.110 e. The zero-order valence-electron chi connectivity index (χ0n) is 8.49. The molecular weight excluding hydrogens is 214 g/mol. The fraction of sp³-hybridized carbons (Fsp3) is 0.800. The normalized spacial score (nSPS) is 29.5. The Kier molecular flexibility index (Phi) is 4.08. The highest BCUT2D eigenvalue weighted by Gasteiger charge is 2.28. The second-order valence-electron chi connectivity index (χ2n) is 3.49. The molecule has 80 valence electrons. The van der Waals surface area contributed by atoms with Gasteiger partial charge in [-0.05, 0) is 13.1 Å². The molecule has 1 N–H and O–H groups in total. The molecular formula is C10H17NOS2. The van der Waals surface area contributed by atoms with Gasteiger partial charge in [0.05, 0.1) is 12.6 Å². The minimum Gasteiger partial charge on any atom is -0.496 e. The van der Waals surface area contributed by atoms with Crippen LogP contribution in [-0.2, 0) is 4.74 Å². The Hall–Kier alpha value is 0.200. The molecule has 1 fully saturated rings. The van der Waals surface area contributed by atoms with E-state index in [4.69, 9.17) is 4.74 Å². The highest BCUT2D eigenvalue weighted by molar-refractivity contribution is 8.06. The Morgan fingerprint density at radius 2 is 2.50 bits per heavy atom. The molecule has 0 aliphatic carbocycles. The predicted octanol–water partition coefficient (Wildman–Crippen LogP) is 1.73. The van der Waals surface area contributed by atoms with Gasteiger partial charge in [0.25, 0.3) is 0 Å². The third-order valence-electron chi connectivity index (χ3n) is 2.56. The van der Waals surface area contributed by atoms with Crippen molar-refractivity contribution in [1.29, 1.82) is 0 Å². The Morgan fingerprint density at radius 1 is 1.57 bits per heavy atom. The summed E-state index contributed by atoms with van der Waals surface area (Å²) in [5.41, 5.74) is 0. The van der Waals surface area contributed by atoms with Gasteiger partial charge in [-0.1, -0.05) is 0 Å². The van der Waals surface area contributed by atoms with E-state index in [1.165, 1.54) is 23.0 Å². The van der Waals surface area contributed by atoms with E-state index in [0.29, 0.717) is 11.3 Å². The zero-order valence-corrected chi connectivity index (χ0v) is 10.1. The van der Waals surface area contributed by atoms with Gasteiger partial charge < -0.3 is 10.1 Å².